The van der Waals surface area contributed by atoms with Crippen molar-refractivity contribution in [2.45, 2.75) is 6.92 Å². The van der Waals surface area contributed by atoms with E-state index >= 15 is 0 Å². The SMILES string of the molecule is COc1ccc(Cl)cc1NC(=O)c1cn(C)c2c(=O)n(-c3ccc(C)cc3)c(=O)[nH]c12. The van der Waals surface area contributed by atoms with Crippen molar-refractivity contribution in [1.82, 2.24) is 14.1 Å². The van der Waals surface area contributed by atoms with Gasteiger partial charge in [-0.05, 0) is 37.3 Å². The Kier molecular flexibility index (Phi) is 5.16. The third-order valence-electron chi connectivity index (χ3n) is 4.97. The molecule has 0 unspecified atom stereocenters. The summed E-state index contributed by atoms with van der Waals surface area (Å²) in [6.45, 7) is 1.91. The van der Waals surface area contributed by atoms with Gasteiger partial charge >= 0.3 is 5.69 Å². The van der Waals surface area contributed by atoms with Crippen LogP contribution in [0.3, 0.4) is 0 Å². The van der Waals surface area contributed by atoms with E-state index in [1.807, 2.05) is 19.1 Å². The van der Waals surface area contributed by atoms with E-state index in [2.05, 4.69) is 10.3 Å². The van der Waals surface area contributed by atoms with E-state index in [9.17, 15) is 14.4 Å². The maximum atomic E-state index is 13.1. The number of hydrogen-bond acceptors (Lipinski definition) is 4. The number of carbonyl (C=O) groups is 1. The van der Waals surface area contributed by atoms with E-state index in [-0.39, 0.29) is 16.6 Å². The number of hydrogen-bond donors (Lipinski definition) is 2. The first kappa shape index (κ1) is 20.5. The van der Waals surface area contributed by atoms with Gasteiger partial charge in [-0.2, -0.15) is 0 Å². The molecule has 0 radical (unpaired) electrons. The summed E-state index contributed by atoms with van der Waals surface area (Å²) in [5.74, 6) is -0.0949. The Morgan fingerprint density at radius 2 is 1.84 bits per heavy atom. The number of aryl methyl sites for hydroxylation is 2. The average molecular weight is 439 g/mol. The number of rotatable bonds is 4. The van der Waals surface area contributed by atoms with E-state index < -0.39 is 17.2 Å². The van der Waals surface area contributed by atoms with Crippen LogP contribution in [0.1, 0.15) is 15.9 Å². The van der Waals surface area contributed by atoms with Gasteiger partial charge in [0.05, 0.1) is 29.6 Å². The summed E-state index contributed by atoms with van der Waals surface area (Å²) in [4.78, 5) is 41.6. The molecule has 0 spiro atoms. The van der Waals surface area contributed by atoms with Gasteiger partial charge in [0.2, 0.25) is 0 Å². The van der Waals surface area contributed by atoms with Crippen LogP contribution < -0.4 is 21.3 Å². The lowest BCUT2D eigenvalue weighted by atomic mass is 10.2. The number of H-pyrrole nitrogens is 1. The average Bonchev–Trinajstić information content (AvgIpc) is 3.06. The number of nitrogens with zero attached hydrogens (tertiary/aromatic N) is 2. The molecule has 0 aliphatic rings. The number of amides is 1. The number of ether oxygens (including phenoxy) is 1. The highest BCUT2D eigenvalue weighted by molar-refractivity contribution is 6.31. The minimum absolute atomic E-state index is 0.143. The lowest BCUT2D eigenvalue weighted by Gasteiger charge is -2.10. The van der Waals surface area contributed by atoms with Gasteiger partial charge in [-0.15, -0.1) is 0 Å². The summed E-state index contributed by atoms with van der Waals surface area (Å²) in [7, 11) is 3.11. The van der Waals surface area contributed by atoms with Crippen molar-refractivity contribution in [3.05, 3.63) is 85.6 Å². The summed E-state index contributed by atoms with van der Waals surface area (Å²) in [6.07, 6.45) is 1.49. The summed E-state index contributed by atoms with van der Waals surface area (Å²) >= 11 is 6.03. The molecular weight excluding hydrogens is 420 g/mol. The monoisotopic (exact) mass is 438 g/mol. The zero-order valence-electron chi connectivity index (χ0n) is 17.0. The largest absolute Gasteiger partial charge is 0.495 e. The molecule has 4 aromatic rings. The number of fused-ring (bicyclic) bond motifs is 1. The standard InChI is InChI=1S/C22H19ClN4O4/c1-12-4-7-14(8-5-12)27-21(29)19-18(25-22(27)30)15(11-26(19)2)20(28)24-16-10-13(23)6-9-17(16)31-3/h4-11H,1-3H3,(H,24,28)(H,25,30). The predicted octanol–water partition coefficient (Wildman–Crippen LogP) is 3.24. The third kappa shape index (κ3) is 3.62. The van der Waals surface area contributed by atoms with Crippen LogP contribution in [0.4, 0.5) is 5.69 Å². The van der Waals surface area contributed by atoms with Crippen LogP contribution in [0, 0.1) is 6.92 Å². The molecule has 31 heavy (non-hydrogen) atoms. The van der Waals surface area contributed by atoms with Crippen molar-refractivity contribution < 1.29 is 9.53 Å². The number of anilines is 1. The lowest BCUT2D eigenvalue weighted by molar-refractivity contribution is 0.102. The topological polar surface area (TPSA) is 98.1 Å². The van der Waals surface area contributed by atoms with E-state index in [4.69, 9.17) is 16.3 Å². The first-order chi connectivity index (χ1) is 14.8. The molecule has 9 heteroatoms. The van der Waals surface area contributed by atoms with E-state index in [0.717, 1.165) is 10.1 Å². The van der Waals surface area contributed by atoms with Gasteiger partial charge in [-0.25, -0.2) is 9.36 Å². The molecule has 0 fully saturated rings. The maximum absolute atomic E-state index is 13.1. The highest BCUT2D eigenvalue weighted by atomic mass is 35.5. The zero-order chi connectivity index (χ0) is 22.3. The molecule has 0 bridgehead atoms. The fraction of sp³-hybridized carbons (Fsp3) is 0.136. The number of halogens is 1. The van der Waals surface area contributed by atoms with Gasteiger partial charge in [-0.1, -0.05) is 29.3 Å². The highest BCUT2D eigenvalue weighted by Gasteiger charge is 2.21. The molecule has 2 heterocycles. The molecule has 0 saturated heterocycles. The summed E-state index contributed by atoms with van der Waals surface area (Å²) in [5, 5.41) is 3.14. The van der Waals surface area contributed by atoms with E-state index in [1.54, 1.807) is 37.4 Å². The Hall–Kier alpha value is -3.78. The van der Waals surface area contributed by atoms with Crippen LogP contribution in [0.25, 0.3) is 16.7 Å². The van der Waals surface area contributed by atoms with Crippen molar-refractivity contribution >= 4 is 34.2 Å². The number of aromatic amines is 1. The Bertz CT molecular complexity index is 1430. The second-order valence-corrected chi connectivity index (χ2v) is 7.52. The molecular formula is C22H19ClN4O4. The minimum atomic E-state index is -0.637. The van der Waals surface area contributed by atoms with Crippen LogP contribution in [0.5, 0.6) is 5.75 Å². The molecule has 2 aromatic carbocycles. The second kappa shape index (κ2) is 7.81. The van der Waals surface area contributed by atoms with Gasteiger partial charge in [-0.3, -0.25) is 9.59 Å². The van der Waals surface area contributed by atoms with Crippen molar-refractivity contribution in [1.29, 1.82) is 0 Å². The first-order valence-corrected chi connectivity index (χ1v) is 9.74. The fourth-order valence-corrected chi connectivity index (χ4v) is 3.61. The minimum Gasteiger partial charge on any atom is -0.495 e. The van der Waals surface area contributed by atoms with Crippen LogP contribution >= 0.6 is 11.6 Å². The van der Waals surface area contributed by atoms with Gasteiger partial charge in [0, 0.05) is 18.3 Å². The number of aromatic nitrogens is 3. The maximum Gasteiger partial charge on any atom is 0.333 e. The number of methoxy groups -OCH3 is 1. The quantitative estimate of drug-likeness (QED) is 0.511. The number of nitrogens with one attached hydrogen (secondary N) is 2. The normalized spacial score (nSPS) is 11.0. The van der Waals surface area contributed by atoms with Gasteiger partial charge in [0.1, 0.15) is 11.3 Å². The Morgan fingerprint density at radius 3 is 2.52 bits per heavy atom. The van der Waals surface area contributed by atoms with Crippen LogP contribution in [-0.4, -0.2) is 27.1 Å². The Balaban J connectivity index is 1.83. The molecule has 0 aliphatic heterocycles. The smallest absolute Gasteiger partial charge is 0.333 e. The van der Waals surface area contributed by atoms with E-state index in [0.29, 0.717) is 22.1 Å². The van der Waals surface area contributed by atoms with Crippen molar-refractivity contribution in [2.24, 2.45) is 7.05 Å². The molecule has 2 aromatic heterocycles. The molecule has 158 valence electrons. The van der Waals surface area contributed by atoms with Gasteiger partial charge in [0.25, 0.3) is 11.5 Å². The molecule has 4 rings (SSSR count). The molecule has 2 N–H and O–H groups in total. The zero-order valence-corrected chi connectivity index (χ0v) is 17.8. The predicted molar refractivity (Wildman–Crippen MR) is 120 cm³/mol. The number of benzene rings is 2. The Labute approximate surface area is 181 Å². The van der Waals surface area contributed by atoms with Gasteiger partial charge < -0.3 is 19.6 Å². The second-order valence-electron chi connectivity index (χ2n) is 7.08. The fourth-order valence-electron chi connectivity index (χ4n) is 3.44. The van der Waals surface area contributed by atoms with Crippen molar-refractivity contribution in [2.75, 3.05) is 12.4 Å². The van der Waals surface area contributed by atoms with Crippen molar-refractivity contribution in [3.8, 4) is 11.4 Å². The summed E-state index contributed by atoms with van der Waals surface area (Å²) < 4.78 is 7.81. The first-order valence-electron chi connectivity index (χ1n) is 9.36. The van der Waals surface area contributed by atoms with Crippen molar-refractivity contribution in [3.63, 3.8) is 0 Å². The third-order valence-corrected chi connectivity index (χ3v) is 5.20. The van der Waals surface area contributed by atoms with Crippen LogP contribution in [0.2, 0.25) is 5.02 Å². The molecule has 8 nitrogen and oxygen atoms in total. The highest BCUT2D eigenvalue weighted by Crippen LogP contribution is 2.28. The molecule has 1 amide bonds. The Morgan fingerprint density at radius 1 is 1.13 bits per heavy atom. The molecule has 0 saturated carbocycles. The van der Waals surface area contributed by atoms with Crippen LogP contribution in [0.15, 0.2) is 58.3 Å². The number of carbonyl (C=O) groups excluding carboxylic acids is 1. The molecule has 0 atom stereocenters. The van der Waals surface area contributed by atoms with Crippen LogP contribution in [-0.2, 0) is 7.05 Å². The summed E-state index contributed by atoms with van der Waals surface area (Å²) in [5.41, 5.74) is 1.14. The van der Waals surface area contributed by atoms with Gasteiger partial charge in [0.15, 0.2) is 0 Å². The summed E-state index contributed by atoms with van der Waals surface area (Å²) in [6, 6.07) is 11.8. The molecule has 0 aliphatic carbocycles. The van der Waals surface area contributed by atoms with E-state index in [1.165, 1.54) is 17.9 Å². The lowest BCUT2D eigenvalue weighted by Crippen LogP contribution is -2.34.